The lowest BCUT2D eigenvalue weighted by Gasteiger charge is -2.24. The number of pyridine rings is 2. The standard InChI is InChI=1S/C17H15ClF3N3O2/c1-9-14(26-8-17(19,20)21)4-3-13(23-9)10(2)24-7-12-11(16(24)25)5-6-22-15(12)18/h3-6,10H,7-8H2,1-2H3. The second-order valence-electron chi connectivity index (χ2n) is 5.96. The molecule has 9 heteroatoms. The Morgan fingerprint density at radius 2 is 2.08 bits per heavy atom. The van der Waals surface area contributed by atoms with E-state index in [1.807, 2.05) is 0 Å². The quantitative estimate of drug-likeness (QED) is 0.744. The zero-order valence-corrected chi connectivity index (χ0v) is 14.7. The molecule has 1 aliphatic heterocycles. The first-order chi connectivity index (χ1) is 12.2. The number of rotatable bonds is 4. The van der Waals surface area contributed by atoms with E-state index in [0.29, 0.717) is 29.1 Å². The molecule has 3 rings (SSSR count). The van der Waals surface area contributed by atoms with E-state index in [4.69, 9.17) is 16.3 Å². The summed E-state index contributed by atoms with van der Waals surface area (Å²) < 4.78 is 41.6. The van der Waals surface area contributed by atoms with Gasteiger partial charge in [0.25, 0.3) is 5.91 Å². The maximum absolute atomic E-state index is 12.6. The molecule has 26 heavy (non-hydrogen) atoms. The van der Waals surface area contributed by atoms with Crippen molar-refractivity contribution in [2.75, 3.05) is 6.61 Å². The van der Waals surface area contributed by atoms with E-state index in [1.165, 1.54) is 12.3 Å². The van der Waals surface area contributed by atoms with Gasteiger partial charge in [-0.15, -0.1) is 0 Å². The van der Waals surface area contributed by atoms with Crippen molar-refractivity contribution in [3.05, 3.63) is 52.1 Å². The second-order valence-corrected chi connectivity index (χ2v) is 6.32. The van der Waals surface area contributed by atoms with Crippen molar-refractivity contribution in [3.8, 4) is 5.75 Å². The normalized spacial score (nSPS) is 15.2. The molecule has 0 saturated heterocycles. The smallest absolute Gasteiger partial charge is 0.422 e. The predicted octanol–water partition coefficient (Wildman–Crippen LogP) is 4.10. The van der Waals surface area contributed by atoms with E-state index >= 15 is 0 Å². The van der Waals surface area contributed by atoms with Crippen LogP contribution in [0, 0.1) is 6.92 Å². The molecule has 2 aromatic heterocycles. The maximum Gasteiger partial charge on any atom is 0.422 e. The molecule has 3 heterocycles. The van der Waals surface area contributed by atoms with E-state index in [2.05, 4.69) is 9.97 Å². The number of nitrogens with zero attached hydrogens (tertiary/aromatic N) is 3. The number of hydrogen-bond acceptors (Lipinski definition) is 4. The van der Waals surface area contributed by atoms with Gasteiger partial charge in [0.05, 0.1) is 24.0 Å². The largest absolute Gasteiger partial charge is 0.482 e. The fourth-order valence-electron chi connectivity index (χ4n) is 2.80. The summed E-state index contributed by atoms with van der Waals surface area (Å²) in [7, 11) is 0. The van der Waals surface area contributed by atoms with Gasteiger partial charge in [-0.1, -0.05) is 11.6 Å². The van der Waals surface area contributed by atoms with Crippen LogP contribution in [0.25, 0.3) is 0 Å². The lowest BCUT2D eigenvalue weighted by molar-refractivity contribution is -0.153. The van der Waals surface area contributed by atoms with Gasteiger partial charge in [0.1, 0.15) is 10.9 Å². The Kier molecular flexibility index (Phi) is 4.79. The number of aryl methyl sites for hydroxylation is 1. The number of halogens is 4. The van der Waals surface area contributed by atoms with Gasteiger partial charge in [-0.2, -0.15) is 13.2 Å². The van der Waals surface area contributed by atoms with Crippen LogP contribution < -0.4 is 4.74 Å². The molecule has 0 aromatic carbocycles. The zero-order chi connectivity index (χ0) is 19.1. The van der Waals surface area contributed by atoms with Crippen molar-refractivity contribution >= 4 is 17.5 Å². The van der Waals surface area contributed by atoms with Crippen LogP contribution in [-0.4, -0.2) is 33.6 Å². The van der Waals surface area contributed by atoms with Crippen LogP contribution in [0.5, 0.6) is 5.75 Å². The van der Waals surface area contributed by atoms with Crippen molar-refractivity contribution in [2.45, 2.75) is 32.6 Å². The molecule has 1 aliphatic rings. The summed E-state index contributed by atoms with van der Waals surface area (Å²) in [4.78, 5) is 22.5. The van der Waals surface area contributed by atoms with Gasteiger partial charge in [0.2, 0.25) is 0 Å². The van der Waals surface area contributed by atoms with Crippen molar-refractivity contribution in [1.29, 1.82) is 0 Å². The van der Waals surface area contributed by atoms with Gasteiger partial charge < -0.3 is 9.64 Å². The summed E-state index contributed by atoms with van der Waals surface area (Å²) in [6.07, 6.45) is -2.94. The third-order valence-corrected chi connectivity index (χ3v) is 4.49. The first-order valence-electron chi connectivity index (χ1n) is 7.79. The first-order valence-corrected chi connectivity index (χ1v) is 8.16. The number of amides is 1. The molecule has 0 fully saturated rings. The van der Waals surface area contributed by atoms with E-state index in [0.717, 1.165) is 0 Å². The average molecular weight is 386 g/mol. The number of carbonyl (C=O) groups is 1. The predicted molar refractivity (Wildman–Crippen MR) is 88.1 cm³/mol. The molecule has 0 N–H and O–H groups in total. The lowest BCUT2D eigenvalue weighted by atomic mass is 10.1. The summed E-state index contributed by atoms with van der Waals surface area (Å²) >= 11 is 6.05. The topological polar surface area (TPSA) is 55.3 Å². The molecule has 2 aromatic rings. The van der Waals surface area contributed by atoms with Gasteiger partial charge in [-0.3, -0.25) is 9.78 Å². The molecular weight excluding hydrogens is 371 g/mol. The number of ether oxygens (including phenoxy) is 1. The Labute approximate surface area is 152 Å². The summed E-state index contributed by atoms with van der Waals surface area (Å²) in [5.41, 5.74) is 2.03. The van der Waals surface area contributed by atoms with E-state index < -0.39 is 12.8 Å². The Morgan fingerprint density at radius 3 is 2.69 bits per heavy atom. The summed E-state index contributed by atoms with van der Waals surface area (Å²) in [5.74, 6) is -0.129. The number of fused-ring (bicyclic) bond motifs is 1. The van der Waals surface area contributed by atoms with E-state index in [9.17, 15) is 18.0 Å². The van der Waals surface area contributed by atoms with Crippen molar-refractivity contribution < 1.29 is 22.7 Å². The van der Waals surface area contributed by atoms with E-state index in [1.54, 1.807) is 30.9 Å². The molecule has 138 valence electrons. The van der Waals surface area contributed by atoms with Gasteiger partial charge in [-0.25, -0.2) is 4.98 Å². The van der Waals surface area contributed by atoms with Crippen LogP contribution in [0.2, 0.25) is 5.15 Å². The van der Waals surface area contributed by atoms with Gasteiger partial charge in [0, 0.05) is 17.3 Å². The Bertz CT molecular complexity index is 858. The highest BCUT2D eigenvalue weighted by Crippen LogP contribution is 2.34. The molecule has 0 radical (unpaired) electrons. The molecule has 0 spiro atoms. The second kappa shape index (κ2) is 6.75. The van der Waals surface area contributed by atoms with E-state index in [-0.39, 0.29) is 22.9 Å². The van der Waals surface area contributed by atoms with Crippen LogP contribution in [0.1, 0.15) is 40.3 Å². The molecule has 1 atom stereocenters. The molecule has 1 amide bonds. The minimum absolute atomic E-state index is 0.0570. The number of carbonyl (C=O) groups excluding carboxylic acids is 1. The Morgan fingerprint density at radius 1 is 1.35 bits per heavy atom. The van der Waals surface area contributed by atoms with Gasteiger partial charge in [0.15, 0.2) is 6.61 Å². The fraction of sp³-hybridized carbons (Fsp3) is 0.353. The SMILES string of the molecule is Cc1nc(C(C)N2Cc3c(ccnc3Cl)C2=O)ccc1OCC(F)(F)F. The number of aromatic nitrogens is 2. The van der Waals surface area contributed by atoms with Gasteiger partial charge >= 0.3 is 6.18 Å². The van der Waals surface area contributed by atoms with Crippen LogP contribution in [-0.2, 0) is 6.54 Å². The fourth-order valence-corrected chi connectivity index (χ4v) is 3.02. The maximum atomic E-state index is 12.6. The lowest BCUT2D eigenvalue weighted by Crippen LogP contribution is -2.28. The molecule has 0 bridgehead atoms. The van der Waals surface area contributed by atoms with Crippen LogP contribution in [0.4, 0.5) is 13.2 Å². The zero-order valence-electron chi connectivity index (χ0n) is 14.0. The molecule has 0 saturated carbocycles. The monoisotopic (exact) mass is 385 g/mol. The highest BCUT2D eigenvalue weighted by atomic mass is 35.5. The average Bonchev–Trinajstić information content (AvgIpc) is 2.91. The Balaban J connectivity index is 1.79. The van der Waals surface area contributed by atoms with Gasteiger partial charge in [-0.05, 0) is 32.0 Å². The number of alkyl halides is 3. The first kappa shape index (κ1) is 18.4. The minimum Gasteiger partial charge on any atom is -0.482 e. The molecular formula is C17H15ClF3N3O2. The summed E-state index contributed by atoms with van der Waals surface area (Å²) in [5, 5.41) is 0.283. The number of hydrogen-bond donors (Lipinski definition) is 0. The molecule has 5 nitrogen and oxygen atoms in total. The van der Waals surface area contributed by atoms with Crippen LogP contribution in [0.3, 0.4) is 0 Å². The minimum atomic E-state index is -4.42. The van der Waals surface area contributed by atoms with Crippen molar-refractivity contribution in [2.24, 2.45) is 0 Å². The van der Waals surface area contributed by atoms with Crippen molar-refractivity contribution in [3.63, 3.8) is 0 Å². The highest BCUT2D eigenvalue weighted by molar-refractivity contribution is 6.30. The molecule has 1 unspecified atom stereocenters. The summed E-state index contributed by atoms with van der Waals surface area (Å²) in [6, 6.07) is 4.21. The molecule has 0 aliphatic carbocycles. The van der Waals surface area contributed by atoms with Crippen LogP contribution in [0.15, 0.2) is 24.4 Å². The third kappa shape index (κ3) is 3.60. The Hall–Kier alpha value is -2.35. The summed E-state index contributed by atoms with van der Waals surface area (Å²) in [6.45, 7) is 2.28. The van der Waals surface area contributed by atoms with Crippen LogP contribution >= 0.6 is 11.6 Å². The highest BCUT2D eigenvalue weighted by Gasteiger charge is 2.34. The van der Waals surface area contributed by atoms with Crippen molar-refractivity contribution in [1.82, 2.24) is 14.9 Å². The third-order valence-electron chi connectivity index (χ3n) is 4.17.